The van der Waals surface area contributed by atoms with Crippen molar-refractivity contribution in [2.75, 3.05) is 0 Å². The summed E-state index contributed by atoms with van der Waals surface area (Å²) >= 11 is 0. The van der Waals surface area contributed by atoms with Gasteiger partial charge in [-0.2, -0.15) is 5.26 Å². The summed E-state index contributed by atoms with van der Waals surface area (Å²) in [4.78, 5) is 10.4. The lowest BCUT2D eigenvalue weighted by Crippen LogP contribution is -1.97. The molecule has 0 aromatic heterocycles. The van der Waals surface area contributed by atoms with Gasteiger partial charge in [-0.15, -0.1) is 0 Å². The summed E-state index contributed by atoms with van der Waals surface area (Å²) in [5.74, 6) is -0.440. The number of unbranched alkanes of at least 4 members (excludes halogenated alkanes) is 11. The van der Waals surface area contributed by atoms with E-state index in [0.29, 0.717) is 6.42 Å². The van der Waals surface area contributed by atoms with Gasteiger partial charge < -0.3 is 5.11 Å². The SMILES string of the molecule is CCCCCCCCCC(C#N)CCCCCCCCC(=O)O. The number of rotatable bonds is 17. The van der Waals surface area contributed by atoms with Crippen LogP contribution in [0.5, 0.6) is 0 Å². The lowest BCUT2D eigenvalue weighted by molar-refractivity contribution is -0.137. The third-order valence-electron chi connectivity index (χ3n) is 4.53. The molecule has 0 bridgehead atoms. The van der Waals surface area contributed by atoms with E-state index in [-0.39, 0.29) is 5.92 Å². The first-order chi connectivity index (χ1) is 11.2. The molecule has 0 fully saturated rings. The average Bonchev–Trinajstić information content (AvgIpc) is 2.54. The van der Waals surface area contributed by atoms with Gasteiger partial charge in [0.25, 0.3) is 0 Å². The summed E-state index contributed by atoms with van der Waals surface area (Å²) in [5.41, 5.74) is 0. The van der Waals surface area contributed by atoms with Crippen molar-refractivity contribution in [2.24, 2.45) is 5.92 Å². The molecule has 0 aromatic carbocycles. The highest BCUT2D eigenvalue weighted by Crippen LogP contribution is 2.18. The number of aliphatic carboxylic acids is 1. The van der Waals surface area contributed by atoms with E-state index < -0.39 is 5.97 Å². The predicted octanol–water partition coefficient (Wildman–Crippen LogP) is 6.47. The first-order valence-electron chi connectivity index (χ1n) is 9.82. The van der Waals surface area contributed by atoms with Crippen molar-refractivity contribution in [3.05, 3.63) is 0 Å². The Balaban J connectivity index is 3.35. The van der Waals surface area contributed by atoms with E-state index in [1.54, 1.807) is 0 Å². The number of hydrogen-bond donors (Lipinski definition) is 1. The normalized spacial score (nSPS) is 12.0. The third-order valence-corrected chi connectivity index (χ3v) is 4.53. The second-order valence-corrected chi connectivity index (χ2v) is 6.79. The highest BCUT2D eigenvalue weighted by Gasteiger charge is 2.06. The minimum atomic E-state index is -0.688. The largest absolute Gasteiger partial charge is 0.481 e. The van der Waals surface area contributed by atoms with Gasteiger partial charge in [-0.05, 0) is 19.3 Å². The van der Waals surface area contributed by atoms with E-state index in [1.807, 2.05) is 0 Å². The second kappa shape index (κ2) is 17.3. The van der Waals surface area contributed by atoms with E-state index in [0.717, 1.165) is 38.5 Å². The van der Waals surface area contributed by atoms with E-state index in [2.05, 4.69) is 13.0 Å². The van der Waals surface area contributed by atoms with Crippen LogP contribution < -0.4 is 0 Å². The summed E-state index contributed by atoms with van der Waals surface area (Å²) in [7, 11) is 0. The molecule has 0 amide bonds. The standard InChI is InChI=1S/C20H37NO2/c1-2-3-4-5-6-9-12-15-19(18-21)16-13-10-7-8-11-14-17-20(22)23/h19H,2-17H2,1H3,(H,22,23). The van der Waals surface area contributed by atoms with E-state index in [9.17, 15) is 10.1 Å². The molecule has 1 unspecified atom stereocenters. The van der Waals surface area contributed by atoms with Crippen molar-refractivity contribution < 1.29 is 9.90 Å². The Morgan fingerprint density at radius 1 is 0.826 bits per heavy atom. The summed E-state index contributed by atoms with van der Waals surface area (Å²) in [6.07, 6.45) is 18.1. The molecule has 0 saturated carbocycles. The average molecular weight is 324 g/mol. The maximum absolute atomic E-state index is 10.4. The zero-order valence-corrected chi connectivity index (χ0v) is 15.2. The zero-order valence-electron chi connectivity index (χ0n) is 15.2. The van der Waals surface area contributed by atoms with Gasteiger partial charge in [-0.1, -0.05) is 84.0 Å². The second-order valence-electron chi connectivity index (χ2n) is 6.79. The van der Waals surface area contributed by atoms with Gasteiger partial charge in [0, 0.05) is 12.3 Å². The van der Waals surface area contributed by atoms with Gasteiger partial charge in [0.2, 0.25) is 0 Å². The molecule has 0 aliphatic rings. The molecule has 134 valence electrons. The minimum absolute atomic E-state index is 0.248. The predicted molar refractivity (Wildman–Crippen MR) is 96.3 cm³/mol. The lowest BCUT2D eigenvalue weighted by Gasteiger charge is -2.09. The molecule has 0 rings (SSSR count). The zero-order chi connectivity index (χ0) is 17.2. The molecule has 3 nitrogen and oxygen atoms in total. The van der Waals surface area contributed by atoms with Crippen molar-refractivity contribution in [1.29, 1.82) is 5.26 Å². The fraction of sp³-hybridized carbons (Fsp3) is 0.900. The fourth-order valence-electron chi connectivity index (χ4n) is 3.00. The molecular weight excluding hydrogens is 286 g/mol. The molecule has 0 aliphatic carbocycles. The van der Waals surface area contributed by atoms with Crippen LogP contribution in [-0.4, -0.2) is 11.1 Å². The Hall–Kier alpha value is -1.04. The van der Waals surface area contributed by atoms with Crippen LogP contribution in [-0.2, 0) is 4.79 Å². The summed E-state index contributed by atoms with van der Waals surface area (Å²) < 4.78 is 0. The first kappa shape index (κ1) is 22.0. The quantitative estimate of drug-likeness (QED) is 0.312. The van der Waals surface area contributed by atoms with Gasteiger partial charge in [0.1, 0.15) is 0 Å². The Morgan fingerprint density at radius 2 is 1.26 bits per heavy atom. The van der Waals surface area contributed by atoms with Gasteiger partial charge in [0.05, 0.1) is 6.07 Å². The Kier molecular flexibility index (Phi) is 16.5. The van der Waals surface area contributed by atoms with Gasteiger partial charge in [-0.25, -0.2) is 0 Å². The first-order valence-corrected chi connectivity index (χ1v) is 9.82. The fourth-order valence-corrected chi connectivity index (χ4v) is 3.00. The maximum atomic E-state index is 10.4. The van der Waals surface area contributed by atoms with Crippen LogP contribution in [0, 0.1) is 17.2 Å². The number of carboxylic acids is 1. The van der Waals surface area contributed by atoms with Crippen molar-refractivity contribution in [2.45, 2.75) is 110 Å². The van der Waals surface area contributed by atoms with Crippen LogP contribution in [0.1, 0.15) is 110 Å². The number of carbonyl (C=O) groups is 1. The van der Waals surface area contributed by atoms with Crippen molar-refractivity contribution in [3.63, 3.8) is 0 Å². The molecule has 0 spiro atoms. The van der Waals surface area contributed by atoms with E-state index in [4.69, 9.17) is 5.11 Å². The number of carboxylic acid groups (broad SMARTS) is 1. The topological polar surface area (TPSA) is 61.1 Å². The van der Waals surface area contributed by atoms with Crippen LogP contribution in [0.25, 0.3) is 0 Å². The molecule has 0 aromatic rings. The molecule has 23 heavy (non-hydrogen) atoms. The summed E-state index contributed by atoms with van der Waals surface area (Å²) in [6.45, 7) is 2.24. The van der Waals surface area contributed by atoms with Crippen LogP contribution in [0.3, 0.4) is 0 Å². The van der Waals surface area contributed by atoms with E-state index >= 15 is 0 Å². The number of nitrogens with zero attached hydrogens (tertiary/aromatic N) is 1. The van der Waals surface area contributed by atoms with Crippen molar-refractivity contribution >= 4 is 5.97 Å². The smallest absolute Gasteiger partial charge is 0.303 e. The summed E-state index contributed by atoms with van der Waals surface area (Å²) in [5, 5.41) is 17.8. The van der Waals surface area contributed by atoms with Gasteiger partial charge in [-0.3, -0.25) is 4.79 Å². The van der Waals surface area contributed by atoms with E-state index in [1.165, 1.54) is 57.8 Å². The monoisotopic (exact) mass is 323 g/mol. The number of nitriles is 1. The van der Waals surface area contributed by atoms with Crippen LogP contribution >= 0.6 is 0 Å². The third kappa shape index (κ3) is 17.2. The Labute approximate surface area is 143 Å². The van der Waals surface area contributed by atoms with Gasteiger partial charge >= 0.3 is 5.97 Å². The Morgan fingerprint density at radius 3 is 1.70 bits per heavy atom. The highest BCUT2D eigenvalue weighted by atomic mass is 16.4. The Bertz CT molecular complexity index is 309. The van der Waals surface area contributed by atoms with Gasteiger partial charge in [0.15, 0.2) is 0 Å². The molecule has 1 N–H and O–H groups in total. The molecule has 0 heterocycles. The molecule has 0 aliphatic heterocycles. The molecule has 1 atom stereocenters. The van der Waals surface area contributed by atoms with Crippen LogP contribution in [0.4, 0.5) is 0 Å². The minimum Gasteiger partial charge on any atom is -0.481 e. The van der Waals surface area contributed by atoms with Crippen molar-refractivity contribution in [3.8, 4) is 6.07 Å². The van der Waals surface area contributed by atoms with Crippen LogP contribution in [0.2, 0.25) is 0 Å². The van der Waals surface area contributed by atoms with Crippen LogP contribution in [0.15, 0.2) is 0 Å². The maximum Gasteiger partial charge on any atom is 0.303 e. The number of hydrogen-bond acceptors (Lipinski definition) is 2. The summed E-state index contributed by atoms with van der Waals surface area (Å²) in [6, 6.07) is 2.47. The lowest BCUT2D eigenvalue weighted by atomic mass is 9.95. The highest BCUT2D eigenvalue weighted by molar-refractivity contribution is 5.66. The molecular formula is C20H37NO2. The van der Waals surface area contributed by atoms with Crippen molar-refractivity contribution in [1.82, 2.24) is 0 Å². The molecule has 3 heteroatoms. The molecule has 0 radical (unpaired) electrons. The molecule has 0 saturated heterocycles.